The molecule has 31 heavy (non-hydrogen) atoms. The second kappa shape index (κ2) is 12.1. The molecule has 0 saturated carbocycles. The van der Waals surface area contributed by atoms with Gasteiger partial charge in [0.2, 0.25) is 6.41 Å². The lowest BCUT2D eigenvalue weighted by molar-refractivity contribution is -0.109. The van der Waals surface area contributed by atoms with E-state index in [1.165, 1.54) is 27.8 Å². The molecule has 2 N–H and O–H groups in total. The van der Waals surface area contributed by atoms with Crippen LogP contribution in [-0.2, 0) is 11.3 Å². The number of aryl methyl sites for hydroxylation is 1. The third-order valence-electron chi connectivity index (χ3n) is 5.96. The molecule has 0 aliphatic rings. The first-order valence-electron chi connectivity index (χ1n) is 11.3. The van der Waals surface area contributed by atoms with Crippen molar-refractivity contribution in [2.24, 2.45) is 0 Å². The summed E-state index contributed by atoms with van der Waals surface area (Å²) >= 11 is 0. The van der Waals surface area contributed by atoms with Crippen LogP contribution < -0.4 is 10.6 Å². The van der Waals surface area contributed by atoms with Crippen molar-refractivity contribution < 1.29 is 4.79 Å². The third kappa shape index (κ3) is 7.08. The molecule has 162 valence electrons. The van der Waals surface area contributed by atoms with E-state index in [1.54, 1.807) is 0 Å². The lowest BCUT2D eigenvalue weighted by atomic mass is 9.89. The van der Waals surface area contributed by atoms with Gasteiger partial charge in [0.1, 0.15) is 0 Å². The summed E-state index contributed by atoms with van der Waals surface area (Å²) in [5.74, 6) is 0.453. The lowest BCUT2D eigenvalue weighted by Crippen LogP contribution is -2.26. The van der Waals surface area contributed by atoms with Crippen LogP contribution in [0.15, 0.2) is 78.9 Å². The van der Waals surface area contributed by atoms with Gasteiger partial charge < -0.3 is 10.6 Å². The molecule has 3 aromatic carbocycles. The minimum atomic E-state index is 0.413. The van der Waals surface area contributed by atoms with Gasteiger partial charge in [-0.2, -0.15) is 0 Å². The van der Waals surface area contributed by atoms with Crippen LogP contribution in [-0.4, -0.2) is 19.0 Å². The van der Waals surface area contributed by atoms with Crippen molar-refractivity contribution in [3.05, 3.63) is 95.6 Å². The predicted octanol–water partition coefficient (Wildman–Crippen LogP) is 5.84. The van der Waals surface area contributed by atoms with E-state index in [1.807, 2.05) is 0 Å². The molecule has 0 aliphatic heterocycles. The average Bonchev–Trinajstić information content (AvgIpc) is 2.81. The van der Waals surface area contributed by atoms with Crippen molar-refractivity contribution in [2.75, 3.05) is 6.54 Å². The first kappa shape index (κ1) is 22.8. The van der Waals surface area contributed by atoms with Gasteiger partial charge in [-0.1, -0.05) is 84.4 Å². The standard InChI is InChI=1S/C28H34N2O/c1-22-12-15-24(16-13-22)25(18-19-29-21-31)17-14-23(2)30-20-27-10-6-7-11-28(27)26-8-4-3-5-9-26/h3-13,15-16,21,23,25,30H,14,17-20H2,1-2H3,(H,29,31)/t23-,25?/m1/s1. The Balaban J connectivity index is 1.57. The van der Waals surface area contributed by atoms with Crippen LogP contribution in [0.2, 0.25) is 0 Å². The summed E-state index contributed by atoms with van der Waals surface area (Å²) in [4.78, 5) is 10.7. The minimum absolute atomic E-state index is 0.413. The first-order valence-corrected chi connectivity index (χ1v) is 11.3. The van der Waals surface area contributed by atoms with Crippen LogP contribution in [0.4, 0.5) is 0 Å². The molecule has 2 atom stereocenters. The van der Waals surface area contributed by atoms with E-state index in [4.69, 9.17) is 0 Å². The van der Waals surface area contributed by atoms with E-state index in [2.05, 4.69) is 103 Å². The summed E-state index contributed by atoms with van der Waals surface area (Å²) in [7, 11) is 0. The van der Waals surface area contributed by atoms with Gasteiger partial charge in [-0.15, -0.1) is 0 Å². The Morgan fingerprint density at radius 1 is 0.839 bits per heavy atom. The van der Waals surface area contributed by atoms with E-state index >= 15 is 0 Å². The fraction of sp³-hybridized carbons (Fsp3) is 0.321. The Morgan fingerprint density at radius 3 is 2.29 bits per heavy atom. The number of amides is 1. The predicted molar refractivity (Wildman–Crippen MR) is 130 cm³/mol. The maximum Gasteiger partial charge on any atom is 0.207 e. The molecule has 1 unspecified atom stereocenters. The van der Waals surface area contributed by atoms with Crippen molar-refractivity contribution in [1.82, 2.24) is 10.6 Å². The molecule has 0 aromatic heterocycles. The molecule has 0 heterocycles. The molecule has 0 saturated heterocycles. The minimum Gasteiger partial charge on any atom is -0.359 e. The summed E-state index contributed by atoms with van der Waals surface area (Å²) in [6.07, 6.45) is 3.94. The number of carbonyl (C=O) groups excluding carboxylic acids is 1. The van der Waals surface area contributed by atoms with Gasteiger partial charge >= 0.3 is 0 Å². The van der Waals surface area contributed by atoms with Crippen LogP contribution in [0.5, 0.6) is 0 Å². The van der Waals surface area contributed by atoms with Crippen LogP contribution in [0.25, 0.3) is 11.1 Å². The van der Waals surface area contributed by atoms with E-state index in [0.29, 0.717) is 18.5 Å². The van der Waals surface area contributed by atoms with Crippen LogP contribution >= 0.6 is 0 Å². The molecular formula is C28H34N2O. The molecule has 3 rings (SSSR count). The molecule has 3 nitrogen and oxygen atoms in total. The van der Waals surface area contributed by atoms with E-state index in [9.17, 15) is 4.79 Å². The fourth-order valence-corrected chi connectivity index (χ4v) is 4.04. The summed E-state index contributed by atoms with van der Waals surface area (Å²) in [6, 6.07) is 28.4. The largest absolute Gasteiger partial charge is 0.359 e. The summed E-state index contributed by atoms with van der Waals surface area (Å²) < 4.78 is 0. The highest BCUT2D eigenvalue weighted by Crippen LogP contribution is 2.26. The van der Waals surface area contributed by atoms with Crippen LogP contribution in [0.3, 0.4) is 0 Å². The zero-order valence-corrected chi connectivity index (χ0v) is 18.7. The quantitative estimate of drug-likeness (QED) is 0.289. The lowest BCUT2D eigenvalue weighted by Gasteiger charge is -2.21. The zero-order valence-electron chi connectivity index (χ0n) is 18.7. The van der Waals surface area contributed by atoms with Crippen molar-refractivity contribution >= 4 is 6.41 Å². The monoisotopic (exact) mass is 414 g/mol. The first-order chi connectivity index (χ1) is 15.2. The molecule has 0 aliphatic carbocycles. The Hall–Kier alpha value is -2.91. The van der Waals surface area contributed by atoms with Crippen LogP contribution in [0.1, 0.15) is 48.8 Å². The van der Waals surface area contributed by atoms with Crippen molar-refractivity contribution in [3.8, 4) is 11.1 Å². The third-order valence-corrected chi connectivity index (χ3v) is 5.96. The van der Waals surface area contributed by atoms with Crippen molar-refractivity contribution in [3.63, 3.8) is 0 Å². The second-order valence-corrected chi connectivity index (χ2v) is 8.35. The molecule has 0 bridgehead atoms. The Morgan fingerprint density at radius 2 is 1.55 bits per heavy atom. The normalized spacial score (nSPS) is 12.8. The highest BCUT2D eigenvalue weighted by atomic mass is 16.1. The molecule has 3 aromatic rings. The molecule has 0 fully saturated rings. The van der Waals surface area contributed by atoms with Gasteiger partial charge in [0, 0.05) is 19.1 Å². The summed E-state index contributed by atoms with van der Waals surface area (Å²) in [5, 5.41) is 6.54. The summed E-state index contributed by atoms with van der Waals surface area (Å²) in [5.41, 5.74) is 6.52. The fourth-order valence-electron chi connectivity index (χ4n) is 4.04. The number of hydrogen-bond acceptors (Lipinski definition) is 2. The topological polar surface area (TPSA) is 41.1 Å². The number of hydrogen-bond donors (Lipinski definition) is 2. The SMILES string of the molecule is Cc1ccc(C(CCNC=O)CC[C@@H](C)NCc2ccccc2-c2ccccc2)cc1. The molecule has 3 heteroatoms. The maximum atomic E-state index is 10.7. The van der Waals surface area contributed by atoms with Gasteiger partial charge in [-0.05, 0) is 61.3 Å². The number of rotatable bonds is 12. The molecule has 0 radical (unpaired) electrons. The van der Waals surface area contributed by atoms with Gasteiger partial charge in [0.15, 0.2) is 0 Å². The molecule has 1 amide bonds. The molecular weight excluding hydrogens is 380 g/mol. The highest BCUT2D eigenvalue weighted by molar-refractivity contribution is 5.67. The Kier molecular flexibility index (Phi) is 8.86. The van der Waals surface area contributed by atoms with E-state index < -0.39 is 0 Å². The Labute approximate surface area is 186 Å². The van der Waals surface area contributed by atoms with Gasteiger partial charge in [-0.3, -0.25) is 4.79 Å². The number of carbonyl (C=O) groups is 1. The van der Waals surface area contributed by atoms with E-state index in [-0.39, 0.29) is 0 Å². The Bertz CT molecular complexity index is 921. The van der Waals surface area contributed by atoms with Gasteiger partial charge in [0.25, 0.3) is 0 Å². The second-order valence-electron chi connectivity index (χ2n) is 8.35. The highest BCUT2D eigenvalue weighted by Gasteiger charge is 2.14. The summed E-state index contributed by atoms with van der Waals surface area (Å²) in [6.45, 7) is 5.95. The zero-order chi connectivity index (χ0) is 21.9. The maximum absolute atomic E-state index is 10.7. The number of nitrogens with one attached hydrogen (secondary N) is 2. The van der Waals surface area contributed by atoms with Crippen LogP contribution in [0, 0.1) is 6.92 Å². The average molecular weight is 415 g/mol. The van der Waals surface area contributed by atoms with Gasteiger partial charge in [-0.25, -0.2) is 0 Å². The number of benzene rings is 3. The van der Waals surface area contributed by atoms with Gasteiger partial charge in [0.05, 0.1) is 0 Å². The van der Waals surface area contributed by atoms with E-state index in [0.717, 1.165) is 32.2 Å². The molecule has 0 spiro atoms. The van der Waals surface area contributed by atoms with Crippen molar-refractivity contribution in [2.45, 2.75) is 51.6 Å². The smallest absolute Gasteiger partial charge is 0.207 e. The van der Waals surface area contributed by atoms with Crippen molar-refractivity contribution in [1.29, 1.82) is 0 Å².